The third-order valence-electron chi connectivity index (χ3n) is 3.35. The van der Waals surface area contributed by atoms with Gasteiger partial charge in [0.2, 0.25) is 5.95 Å². The summed E-state index contributed by atoms with van der Waals surface area (Å²) in [6.45, 7) is 2.18. The van der Waals surface area contributed by atoms with E-state index in [2.05, 4.69) is 16.9 Å². The predicted molar refractivity (Wildman–Crippen MR) is 79.1 cm³/mol. The Labute approximate surface area is 120 Å². The summed E-state index contributed by atoms with van der Waals surface area (Å²) in [5.41, 5.74) is 2.24. The molecule has 0 fully saturated rings. The zero-order chi connectivity index (χ0) is 14.2. The Hall–Kier alpha value is -1.77. The van der Waals surface area contributed by atoms with E-state index in [0.717, 1.165) is 24.1 Å². The van der Waals surface area contributed by atoms with Crippen LogP contribution in [0.25, 0.3) is 0 Å². The van der Waals surface area contributed by atoms with Gasteiger partial charge in [0.15, 0.2) is 0 Å². The van der Waals surface area contributed by atoms with Crippen LogP contribution in [-0.4, -0.2) is 9.97 Å². The van der Waals surface area contributed by atoms with E-state index in [-0.39, 0.29) is 0 Å². The van der Waals surface area contributed by atoms with Gasteiger partial charge >= 0.3 is 0 Å². The van der Waals surface area contributed by atoms with Crippen molar-refractivity contribution in [3.05, 3.63) is 59.4 Å². The van der Waals surface area contributed by atoms with Crippen LogP contribution in [0.2, 0.25) is 0 Å². The van der Waals surface area contributed by atoms with Crippen LogP contribution >= 0.6 is 0 Å². The fourth-order valence-electron chi connectivity index (χ4n) is 2.19. The summed E-state index contributed by atoms with van der Waals surface area (Å²) in [6.07, 6.45) is 7.68. The molecule has 1 heterocycles. The third kappa shape index (κ3) is 4.41. The van der Waals surface area contributed by atoms with Crippen LogP contribution in [0.4, 0.5) is 4.39 Å². The lowest BCUT2D eigenvalue weighted by molar-refractivity contribution is 0.547. The molecule has 0 radical (unpaired) electrons. The van der Waals surface area contributed by atoms with Crippen LogP contribution in [0.1, 0.15) is 49.6 Å². The fourth-order valence-corrected chi connectivity index (χ4v) is 2.19. The third-order valence-corrected chi connectivity index (χ3v) is 3.35. The lowest BCUT2D eigenvalue weighted by atomic mass is 10.1. The zero-order valence-corrected chi connectivity index (χ0v) is 12.0. The first-order valence-corrected chi connectivity index (χ1v) is 7.34. The minimum Gasteiger partial charge on any atom is -0.254 e. The molecule has 3 heteroatoms. The number of halogens is 1. The molecule has 20 heavy (non-hydrogen) atoms. The van der Waals surface area contributed by atoms with Crippen molar-refractivity contribution in [2.75, 3.05) is 0 Å². The van der Waals surface area contributed by atoms with Crippen molar-refractivity contribution in [3.8, 4) is 0 Å². The van der Waals surface area contributed by atoms with Gasteiger partial charge in [0.05, 0.1) is 11.4 Å². The molecule has 0 aliphatic carbocycles. The van der Waals surface area contributed by atoms with Crippen LogP contribution in [0.3, 0.4) is 0 Å². The molecular formula is C17H21FN2. The minimum absolute atomic E-state index is 0.425. The quantitative estimate of drug-likeness (QED) is 0.701. The van der Waals surface area contributed by atoms with Gasteiger partial charge in [-0.3, -0.25) is 4.98 Å². The van der Waals surface area contributed by atoms with E-state index in [9.17, 15) is 4.39 Å². The van der Waals surface area contributed by atoms with Gasteiger partial charge < -0.3 is 0 Å². The van der Waals surface area contributed by atoms with E-state index in [1.54, 1.807) is 6.20 Å². The molecule has 0 saturated heterocycles. The van der Waals surface area contributed by atoms with Crippen LogP contribution in [-0.2, 0) is 12.8 Å². The number of benzene rings is 1. The Kier molecular flexibility index (Phi) is 5.66. The molecule has 0 spiro atoms. The number of unbranched alkanes of at least 4 members (excludes halogenated alkanes) is 3. The van der Waals surface area contributed by atoms with Crippen LogP contribution in [0.5, 0.6) is 0 Å². The minimum atomic E-state index is -0.429. The highest BCUT2D eigenvalue weighted by molar-refractivity contribution is 5.21. The summed E-state index contributed by atoms with van der Waals surface area (Å²) in [4.78, 5) is 8.27. The number of aryl methyl sites for hydroxylation is 1. The highest BCUT2D eigenvalue weighted by Gasteiger charge is 2.08. The molecule has 0 aliphatic heterocycles. The van der Waals surface area contributed by atoms with Crippen molar-refractivity contribution in [1.29, 1.82) is 0 Å². The predicted octanol–water partition coefficient (Wildman–Crippen LogP) is 4.33. The molecule has 0 N–H and O–H groups in total. The molecule has 0 unspecified atom stereocenters. The van der Waals surface area contributed by atoms with E-state index in [0.29, 0.717) is 12.1 Å². The van der Waals surface area contributed by atoms with Gasteiger partial charge in [0, 0.05) is 12.6 Å². The number of hydrogen-bond acceptors (Lipinski definition) is 2. The van der Waals surface area contributed by atoms with Crippen LogP contribution < -0.4 is 0 Å². The second-order valence-electron chi connectivity index (χ2n) is 5.07. The van der Waals surface area contributed by atoms with Gasteiger partial charge in [-0.25, -0.2) is 4.98 Å². The maximum atomic E-state index is 13.9. The lowest BCUT2D eigenvalue weighted by Gasteiger charge is -2.05. The normalized spacial score (nSPS) is 10.7. The molecule has 106 valence electrons. The Morgan fingerprint density at radius 2 is 1.85 bits per heavy atom. The molecule has 2 aromatic rings. The average Bonchev–Trinajstić information content (AvgIpc) is 2.47. The van der Waals surface area contributed by atoms with Crippen molar-refractivity contribution in [2.24, 2.45) is 0 Å². The zero-order valence-electron chi connectivity index (χ0n) is 12.0. The molecule has 1 aromatic carbocycles. The van der Waals surface area contributed by atoms with E-state index in [4.69, 9.17) is 0 Å². The smallest absolute Gasteiger partial charge is 0.235 e. The maximum Gasteiger partial charge on any atom is 0.235 e. The molecule has 0 saturated carbocycles. The van der Waals surface area contributed by atoms with Crippen molar-refractivity contribution in [2.45, 2.75) is 45.4 Å². The molecule has 0 atom stereocenters. The van der Waals surface area contributed by atoms with E-state index in [1.165, 1.54) is 19.3 Å². The first-order valence-electron chi connectivity index (χ1n) is 7.34. The summed E-state index contributed by atoms with van der Waals surface area (Å²) in [7, 11) is 0. The van der Waals surface area contributed by atoms with E-state index in [1.807, 2.05) is 30.3 Å². The largest absolute Gasteiger partial charge is 0.254 e. The summed E-state index contributed by atoms with van der Waals surface area (Å²) >= 11 is 0. The summed E-state index contributed by atoms with van der Waals surface area (Å²) in [5.74, 6) is -0.429. The Morgan fingerprint density at radius 3 is 2.55 bits per heavy atom. The summed E-state index contributed by atoms with van der Waals surface area (Å²) in [5, 5.41) is 0. The molecule has 2 rings (SSSR count). The fraction of sp³-hybridized carbons (Fsp3) is 0.412. The standard InChI is InChI=1S/C17H21FN2/c1-2-3-4-8-11-15-13-19-16(17(18)20-15)12-14-9-6-5-7-10-14/h5-7,9-10,13H,2-4,8,11-12H2,1H3. The molecule has 1 aromatic heterocycles. The van der Waals surface area contributed by atoms with E-state index < -0.39 is 5.95 Å². The van der Waals surface area contributed by atoms with Crippen LogP contribution in [0.15, 0.2) is 36.5 Å². The van der Waals surface area contributed by atoms with Crippen molar-refractivity contribution in [3.63, 3.8) is 0 Å². The van der Waals surface area contributed by atoms with Crippen molar-refractivity contribution < 1.29 is 4.39 Å². The number of aromatic nitrogens is 2. The molecule has 0 amide bonds. The highest BCUT2D eigenvalue weighted by Crippen LogP contribution is 2.11. The summed E-state index contributed by atoms with van der Waals surface area (Å²) in [6, 6.07) is 9.79. The first-order chi connectivity index (χ1) is 9.79. The first kappa shape index (κ1) is 14.6. The van der Waals surface area contributed by atoms with Crippen molar-refractivity contribution >= 4 is 0 Å². The molecular weight excluding hydrogens is 251 g/mol. The lowest BCUT2D eigenvalue weighted by Crippen LogP contribution is -2.03. The highest BCUT2D eigenvalue weighted by atomic mass is 19.1. The second kappa shape index (κ2) is 7.73. The monoisotopic (exact) mass is 272 g/mol. The van der Waals surface area contributed by atoms with Gasteiger partial charge in [-0.05, 0) is 18.4 Å². The Morgan fingerprint density at radius 1 is 1.05 bits per heavy atom. The maximum absolute atomic E-state index is 13.9. The van der Waals surface area contributed by atoms with Gasteiger partial charge in [0.1, 0.15) is 0 Å². The molecule has 0 bridgehead atoms. The average molecular weight is 272 g/mol. The van der Waals surface area contributed by atoms with Gasteiger partial charge in [-0.15, -0.1) is 0 Å². The Bertz CT molecular complexity index is 526. The topological polar surface area (TPSA) is 25.8 Å². The van der Waals surface area contributed by atoms with Gasteiger partial charge in [-0.2, -0.15) is 4.39 Å². The number of nitrogens with zero attached hydrogens (tertiary/aromatic N) is 2. The SMILES string of the molecule is CCCCCCc1cnc(Cc2ccccc2)c(F)n1. The Balaban J connectivity index is 1.95. The molecule has 0 aliphatic rings. The van der Waals surface area contributed by atoms with Crippen molar-refractivity contribution in [1.82, 2.24) is 9.97 Å². The number of rotatable bonds is 7. The van der Waals surface area contributed by atoms with E-state index >= 15 is 0 Å². The summed E-state index contributed by atoms with van der Waals surface area (Å²) < 4.78 is 13.9. The molecule has 2 nitrogen and oxygen atoms in total. The van der Waals surface area contributed by atoms with Gasteiger partial charge in [0.25, 0.3) is 0 Å². The van der Waals surface area contributed by atoms with Gasteiger partial charge in [-0.1, -0.05) is 56.5 Å². The number of hydrogen-bond donors (Lipinski definition) is 0. The van der Waals surface area contributed by atoms with Crippen LogP contribution in [0, 0.1) is 5.95 Å². The second-order valence-corrected chi connectivity index (χ2v) is 5.07.